The standard InChI is InChI=1S/C13H11N/c1-2-5-12-10-14-9-3-6-13(14)8-7-11(12)4-1/h1-5,7-10H,6H2. The molecule has 1 aromatic carbocycles. The summed E-state index contributed by atoms with van der Waals surface area (Å²) in [6.45, 7) is 0. The van der Waals surface area contributed by atoms with Crippen LogP contribution in [-0.2, 0) is 0 Å². The second-order valence-electron chi connectivity index (χ2n) is 3.58. The van der Waals surface area contributed by atoms with Gasteiger partial charge in [0.2, 0.25) is 0 Å². The highest BCUT2D eigenvalue weighted by Crippen LogP contribution is 2.18. The van der Waals surface area contributed by atoms with Gasteiger partial charge in [0.25, 0.3) is 0 Å². The van der Waals surface area contributed by atoms with E-state index in [9.17, 15) is 0 Å². The van der Waals surface area contributed by atoms with Crippen molar-refractivity contribution in [3.63, 3.8) is 0 Å². The summed E-state index contributed by atoms with van der Waals surface area (Å²) in [4.78, 5) is 2.20. The van der Waals surface area contributed by atoms with E-state index < -0.39 is 0 Å². The summed E-state index contributed by atoms with van der Waals surface area (Å²) < 4.78 is 0. The molecule has 14 heavy (non-hydrogen) atoms. The van der Waals surface area contributed by atoms with E-state index in [0.717, 1.165) is 6.42 Å². The summed E-state index contributed by atoms with van der Waals surface area (Å²) >= 11 is 0. The van der Waals surface area contributed by atoms with Crippen LogP contribution >= 0.6 is 0 Å². The molecule has 3 rings (SSSR count). The summed E-state index contributed by atoms with van der Waals surface area (Å²) in [5.41, 5.74) is 1.35. The number of nitrogens with zero attached hydrogens (tertiary/aromatic N) is 1. The van der Waals surface area contributed by atoms with Crippen LogP contribution in [0.2, 0.25) is 0 Å². The maximum atomic E-state index is 2.20. The molecule has 1 aromatic rings. The second-order valence-corrected chi connectivity index (χ2v) is 3.58. The topological polar surface area (TPSA) is 3.24 Å². The Kier molecular flexibility index (Phi) is 1.57. The molecule has 0 saturated carbocycles. The molecule has 0 fully saturated rings. The summed E-state index contributed by atoms with van der Waals surface area (Å²) in [7, 11) is 0. The zero-order valence-corrected chi connectivity index (χ0v) is 7.85. The maximum absolute atomic E-state index is 2.20. The Morgan fingerprint density at radius 3 is 2.79 bits per heavy atom. The first-order valence-corrected chi connectivity index (χ1v) is 4.86. The van der Waals surface area contributed by atoms with Gasteiger partial charge in [-0.3, -0.25) is 0 Å². The van der Waals surface area contributed by atoms with E-state index in [1.54, 1.807) is 0 Å². The first-order chi connectivity index (χ1) is 6.93. The highest BCUT2D eigenvalue weighted by Gasteiger charge is 2.08. The monoisotopic (exact) mass is 181 g/mol. The third-order valence-corrected chi connectivity index (χ3v) is 2.65. The predicted octanol–water partition coefficient (Wildman–Crippen LogP) is 1.32. The van der Waals surface area contributed by atoms with Gasteiger partial charge in [-0.1, -0.05) is 36.4 Å². The zero-order valence-electron chi connectivity index (χ0n) is 7.85. The Hall–Kier alpha value is -1.76. The van der Waals surface area contributed by atoms with Crippen molar-refractivity contribution in [3.05, 3.63) is 58.8 Å². The Balaban J connectivity index is 2.30. The molecular weight excluding hydrogens is 170 g/mol. The third-order valence-electron chi connectivity index (χ3n) is 2.65. The first kappa shape index (κ1) is 7.63. The number of fused-ring (bicyclic) bond motifs is 2. The number of hydrogen-bond acceptors (Lipinski definition) is 1. The van der Waals surface area contributed by atoms with Crippen LogP contribution in [0.4, 0.5) is 0 Å². The van der Waals surface area contributed by atoms with E-state index >= 15 is 0 Å². The van der Waals surface area contributed by atoms with Crippen molar-refractivity contribution >= 4 is 12.3 Å². The van der Waals surface area contributed by atoms with Crippen LogP contribution < -0.4 is 10.4 Å². The minimum atomic E-state index is 1.04. The van der Waals surface area contributed by atoms with Gasteiger partial charge in [-0.25, -0.2) is 0 Å². The normalized spacial score (nSPS) is 17.4. The molecule has 2 heterocycles. The van der Waals surface area contributed by atoms with Crippen LogP contribution in [0.15, 0.2) is 48.3 Å². The fraction of sp³-hybridized carbons (Fsp3) is 0.0769. The molecule has 0 amide bonds. The second kappa shape index (κ2) is 2.88. The van der Waals surface area contributed by atoms with E-state index in [1.165, 1.54) is 16.1 Å². The van der Waals surface area contributed by atoms with Crippen molar-refractivity contribution in [1.82, 2.24) is 4.90 Å². The lowest BCUT2D eigenvalue weighted by molar-refractivity contribution is 0.701. The van der Waals surface area contributed by atoms with Crippen LogP contribution in [0.1, 0.15) is 6.42 Å². The fourth-order valence-electron chi connectivity index (χ4n) is 1.88. The predicted molar refractivity (Wildman–Crippen MR) is 58.3 cm³/mol. The molecule has 0 saturated heterocycles. The van der Waals surface area contributed by atoms with Gasteiger partial charge >= 0.3 is 0 Å². The van der Waals surface area contributed by atoms with Crippen molar-refractivity contribution in [2.75, 3.05) is 0 Å². The number of hydrogen-bond donors (Lipinski definition) is 0. The largest absolute Gasteiger partial charge is 0.327 e. The molecule has 0 N–H and O–H groups in total. The molecule has 0 aromatic heterocycles. The molecule has 0 radical (unpaired) electrons. The van der Waals surface area contributed by atoms with E-state index in [4.69, 9.17) is 0 Å². The SMILES string of the molecule is C1=CN2C=c3ccccc3=CC=C2C1. The maximum Gasteiger partial charge on any atom is 0.0259 e. The molecule has 0 spiro atoms. The summed E-state index contributed by atoms with van der Waals surface area (Å²) in [6, 6.07) is 8.45. The fourth-order valence-corrected chi connectivity index (χ4v) is 1.88. The minimum absolute atomic E-state index is 1.04. The van der Waals surface area contributed by atoms with Gasteiger partial charge in [-0.05, 0) is 16.5 Å². The molecule has 2 aliphatic rings. The van der Waals surface area contributed by atoms with Gasteiger partial charge in [0, 0.05) is 24.5 Å². The van der Waals surface area contributed by atoms with Crippen LogP contribution in [0.25, 0.3) is 12.3 Å². The molecule has 0 unspecified atom stereocenters. The quantitative estimate of drug-likeness (QED) is 0.583. The van der Waals surface area contributed by atoms with Gasteiger partial charge < -0.3 is 4.90 Å². The van der Waals surface area contributed by atoms with Crippen LogP contribution in [0.5, 0.6) is 0 Å². The number of benzene rings is 1. The Bertz CT molecular complexity index is 535. The highest BCUT2D eigenvalue weighted by molar-refractivity contribution is 5.48. The molecular formula is C13H11N. The highest BCUT2D eigenvalue weighted by atomic mass is 15.1. The zero-order chi connectivity index (χ0) is 9.38. The van der Waals surface area contributed by atoms with Gasteiger partial charge in [-0.2, -0.15) is 0 Å². The molecule has 0 atom stereocenters. The molecule has 2 aliphatic heterocycles. The van der Waals surface area contributed by atoms with Crippen molar-refractivity contribution in [1.29, 1.82) is 0 Å². The van der Waals surface area contributed by atoms with Gasteiger partial charge in [0.05, 0.1) is 0 Å². The lowest BCUT2D eigenvalue weighted by Gasteiger charge is -2.10. The van der Waals surface area contributed by atoms with Crippen LogP contribution in [-0.4, -0.2) is 4.90 Å². The molecule has 1 heteroatoms. The van der Waals surface area contributed by atoms with Gasteiger partial charge in [0.1, 0.15) is 0 Å². The van der Waals surface area contributed by atoms with E-state index in [0.29, 0.717) is 0 Å². The van der Waals surface area contributed by atoms with Crippen LogP contribution in [0, 0.1) is 0 Å². The summed E-state index contributed by atoms with van der Waals surface area (Å²) in [5, 5.41) is 2.58. The Morgan fingerprint density at radius 2 is 1.86 bits per heavy atom. The Labute approximate surface area is 83.0 Å². The van der Waals surface area contributed by atoms with Crippen molar-refractivity contribution in [2.45, 2.75) is 6.42 Å². The van der Waals surface area contributed by atoms with E-state index in [1.807, 2.05) is 0 Å². The van der Waals surface area contributed by atoms with E-state index in [-0.39, 0.29) is 0 Å². The molecule has 0 aliphatic carbocycles. The average molecular weight is 181 g/mol. The smallest absolute Gasteiger partial charge is 0.0259 e. The van der Waals surface area contributed by atoms with Crippen LogP contribution in [0.3, 0.4) is 0 Å². The lowest BCUT2D eigenvalue weighted by atomic mass is 10.2. The number of rotatable bonds is 0. The van der Waals surface area contributed by atoms with Crippen molar-refractivity contribution < 1.29 is 0 Å². The average Bonchev–Trinajstić information content (AvgIpc) is 2.58. The molecule has 68 valence electrons. The van der Waals surface area contributed by atoms with Crippen molar-refractivity contribution in [2.24, 2.45) is 0 Å². The van der Waals surface area contributed by atoms with E-state index in [2.05, 4.69) is 59.8 Å². The van der Waals surface area contributed by atoms with Crippen molar-refractivity contribution in [3.8, 4) is 0 Å². The summed E-state index contributed by atoms with van der Waals surface area (Å²) in [5.74, 6) is 0. The minimum Gasteiger partial charge on any atom is -0.327 e. The number of allylic oxidation sites excluding steroid dienone is 2. The Morgan fingerprint density at radius 1 is 1.00 bits per heavy atom. The van der Waals surface area contributed by atoms with Gasteiger partial charge in [-0.15, -0.1) is 0 Å². The van der Waals surface area contributed by atoms with Gasteiger partial charge in [0.15, 0.2) is 0 Å². The molecule has 0 bridgehead atoms. The lowest BCUT2D eigenvalue weighted by Crippen LogP contribution is -2.24. The summed E-state index contributed by atoms with van der Waals surface area (Å²) in [6.07, 6.45) is 11.9. The first-order valence-electron chi connectivity index (χ1n) is 4.86. The molecule has 1 nitrogen and oxygen atoms in total. The third kappa shape index (κ3) is 1.10.